The second-order valence-corrected chi connectivity index (χ2v) is 8.45. The van der Waals surface area contributed by atoms with Crippen molar-refractivity contribution in [1.82, 2.24) is 10.0 Å². The van der Waals surface area contributed by atoms with Crippen LogP contribution < -0.4 is 10.0 Å². The van der Waals surface area contributed by atoms with E-state index in [1.807, 2.05) is 6.92 Å². The van der Waals surface area contributed by atoms with E-state index in [0.29, 0.717) is 18.8 Å². The third-order valence-electron chi connectivity index (χ3n) is 4.83. The van der Waals surface area contributed by atoms with Crippen molar-refractivity contribution in [3.05, 3.63) is 29.8 Å². The SMILES string of the molecule is CCO[C@H]1COC[C@@H]1NS(=O)(=O)c1ccc(C(=O)NC2CCCC2)cc1. The molecule has 0 aromatic heterocycles. The van der Waals surface area contributed by atoms with Gasteiger partial charge < -0.3 is 14.8 Å². The average molecular weight is 382 g/mol. The zero-order valence-electron chi connectivity index (χ0n) is 14.9. The highest BCUT2D eigenvalue weighted by atomic mass is 32.2. The zero-order chi connectivity index (χ0) is 18.6. The summed E-state index contributed by atoms with van der Waals surface area (Å²) >= 11 is 0. The molecule has 1 amide bonds. The Morgan fingerprint density at radius 3 is 2.54 bits per heavy atom. The highest BCUT2D eigenvalue weighted by Crippen LogP contribution is 2.19. The molecule has 2 aliphatic rings. The molecule has 3 rings (SSSR count). The number of carbonyl (C=O) groups is 1. The summed E-state index contributed by atoms with van der Waals surface area (Å²) in [4.78, 5) is 12.4. The van der Waals surface area contributed by atoms with Crippen LogP contribution in [0, 0.1) is 0 Å². The third-order valence-corrected chi connectivity index (χ3v) is 6.34. The van der Waals surface area contributed by atoms with Crippen molar-refractivity contribution >= 4 is 15.9 Å². The minimum atomic E-state index is -3.70. The van der Waals surface area contributed by atoms with Gasteiger partial charge in [-0.2, -0.15) is 0 Å². The van der Waals surface area contributed by atoms with Gasteiger partial charge in [0, 0.05) is 18.2 Å². The Kier molecular flexibility index (Phi) is 6.29. The lowest BCUT2D eigenvalue weighted by molar-refractivity contribution is 0.0440. The Morgan fingerprint density at radius 1 is 1.19 bits per heavy atom. The molecule has 1 saturated heterocycles. The lowest BCUT2D eigenvalue weighted by Crippen LogP contribution is -2.43. The van der Waals surface area contributed by atoms with Gasteiger partial charge in [-0.05, 0) is 44.0 Å². The number of carbonyl (C=O) groups excluding carboxylic acids is 1. The molecule has 8 heteroatoms. The summed E-state index contributed by atoms with van der Waals surface area (Å²) in [6.07, 6.45) is 4.01. The first kappa shape index (κ1) is 19.3. The maximum Gasteiger partial charge on any atom is 0.251 e. The Bertz CT molecular complexity index is 714. The number of nitrogens with one attached hydrogen (secondary N) is 2. The van der Waals surface area contributed by atoms with E-state index in [9.17, 15) is 13.2 Å². The van der Waals surface area contributed by atoms with Crippen LogP contribution in [-0.4, -0.2) is 52.3 Å². The van der Waals surface area contributed by atoms with Crippen LogP contribution in [0.25, 0.3) is 0 Å². The quantitative estimate of drug-likeness (QED) is 0.744. The number of amides is 1. The fourth-order valence-corrected chi connectivity index (χ4v) is 4.66. The van der Waals surface area contributed by atoms with E-state index < -0.39 is 16.1 Å². The van der Waals surface area contributed by atoms with Gasteiger partial charge in [-0.25, -0.2) is 13.1 Å². The molecule has 2 N–H and O–H groups in total. The van der Waals surface area contributed by atoms with Crippen LogP contribution in [0.1, 0.15) is 43.0 Å². The molecule has 0 bridgehead atoms. The lowest BCUT2D eigenvalue weighted by Gasteiger charge is -2.19. The van der Waals surface area contributed by atoms with Crippen LogP contribution in [0.2, 0.25) is 0 Å². The van der Waals surface area contributed by atoms with E-state index in [0.717, 1.165) is 25.7 Å². The first-order valence-electron chi connectivity index (χ1n) is 9.12. The second-order valence-electron chi connectivity index (χ2n) is 6.74. The molecule has 0 unspecified atom stereocenters. The first-order chi connectivity index (χ1) is 12.5. The van der Waals surface area contributed by atoms with Crippen LogP contribution in [0.4, 0.5) is 0 Å². The monoisotopic (exact) mass is 382 g/mol. The number of benzene rings is 1. The van der Waals surface area contributed by atoms with Crippen molar-refractivity contribution in [2.45, 2.75) is 55.7 Å². The van der Waals surface area contributed by atoms with E-state index in [2.05, 4.69) is 10.0 Å². The normalized spacial score (nSPS) is 24.0. The molecule has 7 nitrogen and oxygen atoms in total. The molecule has 1 aromatic carbocycles. The Hall–Kier alpha value is -1.48. The van der Waals surface area contributed by atoms with Crippen molar-refractivity contribution in [2.75, 3.05) is 19.8 Å². The Labute approximate surface area is 154 Å². The van der Waals surface area contributed by atoms with Gasteiger partial charge in [0.2, 0.25) is 10.0 Å². The molecule has 1 aliphatic carbocycles. The summed E-state index contributed by atoms with van der Waals surface area (Å²) in [6.45, 7) is 3.02. The van der Waals surface area contributed by atoms with E-state index in [1.54, 1.807) is 12.1 Å². The minimum absolute atomic E-state index is 0.122. The molecule has 1 heterocycles. The summed E-state index contributed by atoms with van der Waals surface area (Å²) < 4.78 is 38.6. The Morgan fingerprint density at radius 2 is 1.88 bits per heavy atom. The van der Waals surface area contributed by atoms with Crippen molar-refractivity contribution in [3.8, 4) is 0 Å². The molecule has 1 aromatic rings. The summed E-state index contributed by atoms with van der Waals surface area (Å²) in [5.41, 5.74) is 0.465. The third kappa shape index (κ3) is 4.62. The highest BCUT2D eigenvalue weighted by molar-refractivity contribution is 7.89. The fraction of sp³-hybridized carbons (Fsp3) is 0.611. The van der Waals surface area contributed by atoms with Crippen LogP contribution in [0.15, 0.2) is 29.2 Å². The van der Waals surface area contributed by atoms with E-state index in [4.69, 9.17) is 9.47 Å². The number of hydrogen-bond acceptors (Lipinski definition) is 5. The molecule has 0 spiro atoms. The maximum absolute atomic E-state index is 12.6. The molecule has 2 fully saturated rings. The standard InChI is InChI=1S/C18H26N2O5S/c1-2-25-17-12-24-11-16(17)20-26(22,23)15-9-7-13(8-10-15)18(21)19-14-5-3-4-6-14/h7-10,14,16-17,20H,2-6,11-12H2,1H3,(H,19,21)/t16-,17-/m0/s1. The number of hydrogen-bond donors (Lipinski definition) is 2. The van der Waals surface area contributed by atoms with E-state index >= 15 is 0 Å². The van der Waals surface area contributed by atoms with Gasteiger partial charge in [0.15, 0.2) is 0 Å². The number of ether oxygens (including phenoxy) is 2. The first-order valence-corrected chi connectivity index (χ1v) is 10.6. The van der Waals surface area contributed by atoms with Gasteiger partial charge in [0.05, 0.1) is 30.3 Å². The van der Waals surface area contributed by atoms with Crippen molar-refractivity contribution in [1.29, 1.82) is 0 Å². The minimum Gasteiger partial charge on any atom is -0.377 e. The summed E-state index contributed by atoms with van der Waals surface area (Å²) in [7, 11) is -3.70. The van der Waals surface area contributed by atoms with Crippen molar-refractivity contribution in [2.24, 2.45) is 0 Å². The second kappa shape index (κ2) is 8.47. The average Bonchev–Trinajstić information content (AvgIpc) is 3.28. The van der Waals surface area contributed by atoms with Crippen LogP contribution in [0.5, 0.6) is 0 Å². The van der Waals surface area contributed by atoms with E-state index in [1.165, 1.54) is 12.1 Å². The largest absolute Gasteiger partial charge is 0.377 e. The topological polar surface area (TPSA) is 93.7 Å². The van der Waals surface area contributed by atoms with Gasteiger partial charge in [-0.1, -0.05) is 12.8 Å². The number of sulfonamides is 1. The molecule has 1 saturated carbocycles. The van der Waals surface area contributed by atoms with Gasteiger partial charge in [0.1, 0.15) is 0 Å². The summed E-state index contributed by atoms with van der Waals surface area (Å²) in [5, 5.41) is 2.99. The lowest BCUT2D eigenvalue weighted by atomic mass is 10.2. The zero-order valence-corrected chi connectivity index (χ0v) is 15.8. The Balaban J connectivity index is 1.63. The van der Waals surface area contributed by atoms with Gasteiger partial charge >= 0.3 is 0 Å². The maximum atomic E-state index is 12.6. The molecule has 1 aliphatic heterocycles. The predicted molar refractivity (Wildman–Crippen MR) is 96.5 cm³/mol. The molecule has 2 atom stereocenters. The fourth-order valence-electron chi connectivity index (χ4n) is 3.41. The van der Waals surface area contributed by atoms with E-state index in [-0.39, 0.29) is 29.6 Å². The van der Waals surface area contributed by atoms with Crippen LogP contribution in [-0.2, 0) is 19.5 Å². The highest BCUT2D eigenvalue weighted by Gasteiger charge is 2.32. The van der Waals surface area contributed by atoms with Crippen molar-refractivity contribution < 1.29 is 22.7 Å². The summed E-state index contributed by atoms with van der Waals surface area (Å²) in [5.74, 6) is -0.158. The summed E-state index contributed by atoms with van der Waals surface area (Å²) in [6, 6.07) is 5.82. The van der Waals surface area contributed by atoms with Gasteiger partial charge in [0.25, 0.3) is 5.91 Å². The molecule has 0 radical (unpaired) electrons. The van der Waals surface area contributed by atoms with Gasteiger partial charge in [-0.15, -0.1) is 0 Å². The van der Waals surface area contributed by atoms with Gasteiger partial charge in [-0.3, -0.25) is 4.79 Å². The van der Waals surface area contributed by atoms with Crippen LogP contribution in [0.3, 0.4) is 0 Å². The van der Waals surface area contributed by atoms with Crippen LogP contribution >= 0.6 is 0 Å². The predicted octanol–water partition coefficient (Wildman–Crippen LogP) is 1.44. The molecular weight excluding hydrogens is 356 g/mol. The molecule has 144 valence electrons. The number of rotatable bonds is 7. The molecule has 26 heavy (non-hydrogen) atoms. The molecular formula is C18H26N2O5S. The smallest absolute Gasteiger partial charge is 0.251 e. The van der Waals surface area contributed by atoms with Crippen molar-refractivity contribution in [3.63, 3.8) is 0 Å².